The van der Waals surface area contributed by atoms with Crippen molar-refractivity contribution in [3.63, 3.8) is 0 Å². The molecule has 0 bridgehead atoms. The Bertz CT molecular complexity index is 1630. The first kappa shape index (κ1) is 50.0. The lowest BCUT2D eigenvalue weighted by atomic mass is 9.87. The summed E-state index contributed by atoms with van der Waals surface area (Å²) < 4.78 is 0. The van der Waals surface area contributed by atoms with Crippen LogP contribution in [0.2, 0.25) is 0 Å². The Labute approximate surface area is 369 Å². The molecule has 0 radical (unpaired) electrons. The van der Waals surface area contributed by atoms with Crippen LogP contribution in [0.1, 0.15) is 142 Å². The van der Waals surface area contributed by atoms with Crippen LogP contribution >= 0.6 is 0 Å². The summed E-state index contributed by atoms with van der Waals surface area (Å²) in [4.78, 5) is 74.7. The van der Waals surface area contributed by atoms with Crippen molar-refractivity contribution >= 4 is 29.2 Å². The number of ketones is 3. The molecule has 61 heavy (non-hydrogen) atoms. The van der Waals surface area contributed by atoms with Gasteiger partial charge in [-0.1, -0.05) is 127 Å². The number of amides is 2. The topological polar surface area (TPSA) is 116 Å². The van der Waals surface area contributed by atoms with Crippen LogP contribution in [0.4, 0.5) is 0 Å². The Morgan fingerprint density at radius 2 is 1.16 bits per heavy atom. The highest BCUT2D eigenvalue weighted by molar-refractivity contribution is 5.97. The molecule has 2 aromatic carbocycles. The molecule has 4 atom stereocenters. The third-order valence-corrected chi connectivity index (χ3v) is 13.0. The van der Waals surface area contributed by atoms with Gasteiger partial charge in [0.25, 0.3) is 0 Å². The van der Waals surface area contributed by atoms with Gasteiger partial charge in [-0.25, -0.2) is 0 Å². The second-order valence-electron chi connectivity index (χ2n) is 19.7. The smallest absolute Gasteiger partial charge is 0.224 e. The number of nitrogens with one attached hydrogen (secondary N) is 2. The maximum absolute atomic E-state index is 14.3. The Morgan fingerprint density at radius 3 is 1.75 bits per heavy atom. The standard InChI is InChI=1S/C52H80N4O5/c1-39(2)34-46(48(58)38-44(36-42-22-16-13-17-23-42)51(61)54-47(35-40(3)4)49(59)52(5)27-28-52)53-50(60)43(26-25-41-20-14-12-15-21-41)37-45(57)24-18-10-8-7-9-11-19-29-56-32-30-55(6)31-33-56/h12-17,20-23,39-40,43-44,46-47H,7-11,18-19,24-38H2,1-6H3,(H,53,60)(H,54,61)/t43-,44?,46+,47?/m1/s1. The number of carbonyl (C=O) groups is 5. The molecule has 2 N–H and O–H groups in total. The molecule has 9 heteroatoms. The van der Waals surface area contributed by atoms with Crippen molar-refractivity contribution in [3.8, 4) is 0 Å². The molecule has 1 saturated heterocycles. The van der Waals surface area contributed by atoms with Gasteiger partial charge in [-0.2, -0.15) is 0 Å². The van der Waals surface area contributed by atoms with E-state index in [1.807, 2.05) is 95.3 Å². The van der Waals surface area contributed by atoms with E-state index in [-0.39, 0.29) is 53.8 Å². The molecular formula is C52H80N4O5. The highest BCUT2D eigenvalue weighted by Gasteiger charge is 2.48. The predicted molar refractivity (Wildman–Crippen MR) is 247 cm³/mol. The minimum absolute atomic E-state index is 0.0673. The second kappa shape index (κ2) is 26.1. The number of carbonyl (C=O) groups excluding carboxylic acids is 5. The summed E-state index contributed by atoms with van der Waals surface area (Å²) in [5.74, 6) is -1.59. The monoisotopic (exact) mass is 841 g/mol. The molecule has 2 amide bonds. The quantitative estimate of drug-likeness (QED) is 0.0756. The van der Waals surface area contributed by atoms with E-state index in [4.69, 9.17) is 0 Å². The van der Waals surface area contributed by atoms with Crippen molar-refractivity contribution in [1.82, 2.24) is 20.4 Å². The molecular weight excluding hydrogens is 761 g/mol. The summed E-state index contributed by atoms with van der Waals surface area (Å²) in [5, 5.41) is 6.20. The number of piperazine rings is 1. The SMILES string of the molecule is CC(C)CC(NC(=O)C(CC(=O)[C@H](CC(C)C)NC(=O)[C@H](CCc1ccccc1)CC(=O)CCCCCCCCCN1CCN(C)CC1)Cc1ccccc1)C(=O)C1(C)CC1. The van der Waals surface area contributed by atoms with Crippen LogP contribution in [0, 0.1) is 29.1 Å². The van der Waals surface area contributed by atoms with E-state index >= 15 is 0 Å². The highest BCUT2D eigenvalue weighted by atomic mass is 16.2. The van der Waals surface area contributed by atoms with E-state index in [0.29, 0.717) is 38.5 Å². The lowest BCUT2D eigenvalue weighted by Crippen LogP contribution is -2.49. The van der Waals surface area contributed by atoms with Gasteiger partial charge in [0.1, 0.15) is 5.78 Å². The van der Waals surface area contributed by atoms with Crippen LogP contribution in [-0.2, 0) is 36.8 Å². The Hall–Kier alpha value is -3.69. The Balaban J connectivity index is 1.36. The van der Waals surface area contributed by atoms with Gasteiger partial charge in [-0.05, 0) is 94.3 Å². The summed E-state index contributed by atoms with van der Waals surface area (Å²) >= 11 is 0. The van der Waals surface area contributed by atoms with Gasteiger partial charge in [0.05, 0.1) is 12.1 Å². The minimum Gasteiger partial charge on any atom is -0.346 e. The third kappa shape index (κ3) is 18.7. The number of rotatable bonds is 30. The molecule has 0 aromatic heterocycles. The zero-order valence-corrected chi connectivity index (χ0v) is 38.7. The number of hydrogen-bond donors (Lipinski definition) is 2. The molecule has 2 fully saturated rings. The molecule has 1 saturated carbocycles. The van der Waals surface area contributed by atoms with E-state index in [1.165, 1.54) is 45.3 Å². The number of unbranched alkanes of at least 4 members (excludes halogenated alkanes) is 6. The number of likely N-dealkylation sites (N-methyl/N-ethyl adjacent to an activating group) is 1. The van der Waals surface area contributed by atoms with Gasteiger partial charge in [0.15, 0.2) is 11.6 Å². The molecule has 2 unspecified atom stereocenters. The lowest BCUT2D eigenvalue weighted by Gasteiger charge is -2.32. The number of benzene rings is 2. The molecule has 338 valence electrons. The zero-order chi connectivity index (χ0) is 44.2. The predicted octanol–water partition coefficient (Wildman–Crippen LogP) is 8.81. The summed E-state index contributed by atoms with van der Waals surface area (Å²) in [6.07, 6.45) is 12.5. The van der Waals surface area contributed by atoms with E-state index < -0.39 is 29.3 Å². The lowest BCUT2D eigenvalue weighted by molar-refractivity contribution is -0.135. The molecule has 2 aliphatic rings. The maximum Gasteiger partial charge on any atom is 0.224 e. The van der Waals surface area contributed by atoms with Gasteiger partial charge < -0.3 is 20.4 Å². The van der Waals surface area contributed by atoms with Crippen molar-refractivity contribution in [3.05, 3.63) is 71.8 Å². The van der Waals surface area contributed by atoms with E-state index in [9.17, 15) is 24.0 Å². The number of aryl methyl sites for hydroxylation is 1. The van der Waals surface area contributed by atoms with Crippen molar-refractivity contribution in [2.24, 2.45) is 29.1 Å². The normalized spacial score (nSPS) is 17.4. The minimum atomic E-state index is -0.798. The van der Waals surface area contributed by atoms with E-state index in [2.05, 4.69) is 27.5 Å². The van der Waals surface area contributed by atoms with Crippen molar-refractivity contribution < 1.29 is 24.0 Å². The van der Waals surface area contributed by atoms with Crippen LogP contribution < -0.4 is 10.6 Å². The van der Waals surface area contributed by atoms with E-state index in [1.54, 1.807) is 0 Å². The fourth-order valence-electron chi connectivity index (χ4n) is 8.72. The van der Waals surface area contributed by atoms with Crippen LogP contribution in [0.5, 0.6) is 0 Å². The second-order valence-corrected chi connectivity index (χ2v) is 19.7. The summed E-state index contributed by atoms with van der Waals surface area (Å²) in [7, 11) is 2.19. The first-order valence-electron chi connectivity index (χ1n) is 23.9. The highest BCUT2D eigenvalue weighted by Crippen LogP contribution is 2.47. The molecule has 9 nitrogen and oxygen atoms in total. The van der Waals surface area contributed by atoms with Crippen LogP contribution in [0.25, 0.3) is 0 Å². The summed E-state index contributed by atoms with van der Waals surface area (Å²) in [6.45, 7) is 16.0. The van der Waals surface area contributed by atoms with Crippen molar-refractivity contribution in [1.29, 1.82) is 0 Å². The fourth-order valence-corrected chi connectivity index (χ4v) is 8.72. The first-order valence-corrected chi connectivity index (χ1v) is 23.9. The molecule has 0 spiro atoms. The van der Waals surface area contributed by atoms with Crippen molar-refractivity contribution in [2.75, 3.05) is 39.8 Å². The fraction of sp³-hybridized carbons (Fsp3) is 0.673. The van der Waals surface area contributed by atoms with Crippen LogP contribution in [-0.4, -0.2) is 90.8 Å². The Morgan fingerprint density at radius 1 is 0.639 bits per heavy atom. The first-order chi connectivity index (χ1) is 29.2. The number of nitrogens with zero attached hydrogens (tertiary/aromatic N) is 2. The zero-order valence-electron chi connectivity index (χ0n) is 38.7. The number of hydrogen-bond acceptors (Lipinski definition) is 7. The molecule has 1 aliphatic carbocycles. The summed E-state index contributed by atoms with van der Waals surface area (Å²) in [5.41, 5.74) is 1.63. The van der Waals surface area contributed by atoms with E-state index in [0.717, 1.165) is 56.3 Å². The molecule has 4 rings (SSSR count). The van der Waals surface area contributed by atoms with Gasteiger partial charge in [-0.15, -0.1) is 0 Å². The summed E-state index contributed by atoms with van der Waals surface area (Å²) in [6, 6.07) is 18.3. The molecule has 1 heterocycles. The largest absolute Gasteiger partial charge is 0.346 e. The average Bonchev–Trinajstić information content (AvgIpc) is 3.99. The van der Waals surface area contributed by atoms with Crippen LogP contribution in [0.15, 0.2) is 60.7 Å². The maximum atomic E-state index is 14.3. The third-order valence-electron chi connectivity index (χ3n) is 13.0. The van der Waals surface area contributed by atoms with Gasteiger partial charge in [-0.3, -0.25) is 24.0 Å². The molecule has 1 aliphatic heterocycles. The molecule has 2 aromatic rings. The van der Waals surface area contributed by atoms with Gasteiger partial charge >= 0.3 is 0 Å². The van der Waals surface area contributed by atoms with Crippen LogP contribution in [0.3, 0.4) is 0 Å². The average molecular weight is 841 g/mol. The van der Waals surface area contributed by atoms with Gasteiger partial charge in [0, 0.05) is 62.7 Å². The Kier molecular flexibility index (Phi) is 21.3. The van der Waals surface area contributed by atoms with Gasteiger partial charge in [0.2, 0.25) is 11.8 Å². The van der Waals surface area contributed by atoms with Crippen molar-refractivity contribution in [2.45, 2.75) is 156 Å². The number of Topliss-reactive ketones (excluding diaryl/α,β-unsaturated/α-hetero) is 3.